The van der Waals surface area contributed by atoms with Crippen molar-refractivity contribution in [3.63, 3.8) is 0 Å². The highest BCUT2D eigenvalue weighted by Crippen LogP contribution is 2.68. The van der Waals surface area contributed by atoms with E-state index in [0.29, 0.717) is 0 Å². The van der Waals surface area contributed by atoms with Crippen LogP contribution in [0, 0.1) is 50.4 Å². The van der Waals surface area contributed by atoms with E-state index in [-0.39, 0.29) is 45.4 Å². The minimum atomic E-state index is -2.81. The Morgan fingerprint density at radius 3 is 1.90 bits per heavy atom. The summed E-state index contributed by atoms with van der Waals surface area (Å²) in [5.74, 6) is -22.6. The zero-order valence-corrected chi connectivity index (χ0v) is 29.7. The average molecular weight is 863 g/mol. The molecule has 4 aliphatic rings. The summed E-state index contributed by atoms with van der Waals surface area (Å²) >= 11 is 16.4. The van der Waals surface area contributed by atoms with Crippen molar-refractivity contribution in [3.05, 3.63) is 86.3 Å². The van der Waals surface area contributed by atoms with Gasteiger partial charge in [-0.15, -0.1) is 23.2 Å². The minimum Gasteiger partial charge on any atom is -0.508 e. The number of rotatable bonds is 5. The molecule has 7 rings (SSSR count). The predicted octanol–water partition coefficient (Wildman–Crippen LogP) is 6.48. The van der Waals surface area contributed by atoms with Crippen LogP contribution in [0.15, 0.2) is 48.0 Å². The molecule has 6 atom stereocenters. The Labute approximate surface area is 309 Å². The summed E-state index contributed by atoms with van der Waals surface area (Å²) in [6.07, 6.45) is 0.803. The van der Waals surface area contributed by atoms with Gasteiger partial charge in [-0.1, -0.05) is 11.6 Å². The molecule has 1 N–H and O–H groups in total. The van der Waals surface area contributed by atoms with Crippen molar-refractivity contribution in [2.75, 3.05) is 24.0 Å². The smallest absolute Gasteiger partial charge is 0.258 e. The van der Waals surface area contributed by atoms with Gasteiger partial charge in [0.1, 0.15) is 22.9 Å². The normalized spacial score (nSPS) is 28.5. The first-order valence-electron chi connectivity index (χ1n) is 15.1. The second kappa shape index (κ2) is 12.0. The maximum atomic E-state index is 15.3. The SMILES string of the molecule is COc1cc(O)cc(OC)c1[C@H]1C2=CC[C@@H]3C(=O)N(c4ccc(I)cc4)C(=O)[C@@H]3[C@@H]2C[C@@]2(Cl)C(=O)N(c3c(F)c(F)c(F)c(F)c3F)C(=O)[C@@]12Cl. The Kier molecular flexibility index (Phi) is 8.37. The van der Waals surface area contributed by atoms with Crippen molar-refractivity contribution in [1.82, 2.24) is 0 Å². The van der Waals surface area contributed by atoms with Gasteiger partial charge in [-0.3, -0.25) is 24.1 Å². The first-order valence-corrected chi connectivity index (χ1v) is 16.9. The first kappa shape index (κ1) is 35.4. The molecule has 0 unspecified atom stereocenters. The van der Waals surface area contributed by atoms with Gasteiger partial charge in [0.05, 0.1) is 31.7 Å². The summed E-state index contributed by atoms with van der Waals surface area (Å²) in [5, 5.41) is 10.4. The van der Waals surface area contributed by atoms with Crippen molar-refractivity contribution >= 4 is 80.8 Å². The van der Waals surface area contributed by atoms with E-state index in [9.17, 15) is 37.5 Å². The van der Waals surface area contributed by atoms with Crippen LogP contribution in [-0.4, -0.2) is 52.7 Å². The molecule has 4 amide bonds. The number of allylic oxidation sites excluding steroid dienone is 2. The monoisotopic (exact) mass is 862 g/mol. The van der Waals surface area contributed by atoms with Crippen molar-refractivity contribution in [3.8, 4) is 17.2 Å². The number of nitrogens with zero attached hydrogens (tertiary/aromatic N) is 2. The van der Waals surface area contributed by atoms with E-state index in [2.05, 4.69) is 22.6 Å². The number of phenolic OH excluding ortho intramolecular Hbond substituents is 1. The molecule has 2 heterocycles. The lowest BCUT2D eigenvalue weighted by Gasteiger charge is -2.51. The third-order valence-corrected chi connectivity index (χ3v) is 12.3. The van der Waals surface area contributed by atoms with Gasteiger partial charge in [-0.25, -0.2) is 26.9 Å². The highest BCUT2D eigenvalue weighted by atomic mass is 127. The van der Waals surface area contributed by atoms with E-state index in [1.807, 2.05) is 0 Å². The third-order valence-electron chi connectivity index (χ3n) is 10.1. The summed E-state index contributed by atoms with van der Waals surface area (Å²) < 4.78 is 85.6. The number of aromatic hydroxyl groups is 1. The van der Waals surface area contributed by atoms with Gasteiger partial charge in [-0.05, 0) is 65.6 Å². The number of anilines is 2. The highest BCUT2D eigenvalue weighted by molar-refractivity contribution is 14.1. The van der Waals surface area contributed by atoms with Gasteiger partial charge in [0.15, 0.2) is 33.0 Å². The topological polar surface area (TPSA) is 113 Å². The fraction of sp³-hybridized carbons (Fsp3) is 0.294. The number of fused-ring (bicyclic) bond motifs is 4. The molecule has 2 saturated heterocycles. The zero-order chi connectivity index (χ0) is 37.1. The Morgan fingerprint density at radius 1 is 0.804 bits per heavy atom. The van der Waals surface area contributed by atoms with Crippen LogP contribution >= 0.6 is 45.8 Å². The number of hydrogen-bond donors (Lipinski definition) is 1. The molecule has 3 aromatic carbocycles. The number of methoxy groups -OCH3 is 2. The summed E-state index contributed by atoms with van der Waals surface area (Å²) in [5.41, 5.74) is -1.53. The molecule has 2 aliphatic carbocycles. The number of amides is 4. The van der Waals surface area contributed by atoms with Gasteiger partial charge in [0, 0.05) is 27.2 Å². The van der Waals surface area contributed by atoms with Crippen LogP contribution in [0.2, 0.25) is 0 Å². The fourth-order valence-corrected chi connectivity index (χ4v) is 9.22. The molecule has 51 heavy (non-hydrogen) atoms. The second-order valence-corrected chi connectivity index (χ2v) is 14.9. The lowest BCUT2D eigenvalue weighted by molar-refractivity contribution is -0.125. The first-order chi connectivity index (χ1) is 24.0. The molecule has 1 saturated carbocycles. The van der Waals surface area contributed by atoms with E-state index in [4.69, 9.17) is 32.7 Å². The van der Waals surface area contributed by atoms with E-state index in [1.165, 1.54) is 14.2 Å². The van der Waals surface area contributed by atoms with Crippen molar-refractivity contribution < 1.29 is 55.7 Å². The number of ether oxygens (including phenoxy) is 2. The lowest BCUT2D eigenvalue weighted by Crippen LogP contribution is -2.60. The van der Waals surface area contributed by atoms with E-state index >= 15 is 8.78 Å². The van der Waals surface area contributed by atoms with Crippen molar-refractivity contribution in [1.29, 1.82) is 0 Å². The Balaban J connectivity index is 1.48. The number of alkyl halides is 2. The van der Waals surface area contributed by atoms with Gasteiger partial charge in [0.2, 0.25) is 17.6 Å². The Hall–Kier alpha value is -3.96. The summed E-state index contributed by atoms with van der Waals surface area (Å²) in [6, 6.07) is 8.77. The largest absolute Gasteiger partial charge is 0.508 e. The van der Waals surface area contributed by atoms with E-state index in [1.54, 1.807) is 30.3 Å². The molecule has 0 aromatic heterocycles. The molecule has 3 aromatic rings. The molecule has 17 heteroatoms. The number of imide groups is 2. The van der Waals surface area contributed by atoms with Gasteiger partial charge < -0.3 is 14.6 Å². The van der Waals surface area contributed by atoms with Crippen LogP contribution in [0.1, 0.15) is 24.3 Å². The number of benzene rings is 3. The molecule has 9 nitrogen and oxygen atoms in total. The number of hydrogen-bond acceptors (Lipinski definition) is 7. The molecular weight excluding hydrogens is 841 g/mol. The molecule has 0 radical (unpaired) electrons. The highest BCUT2D eigenvalue weighted by Gasteiger charge is 2.77. The minimum absolute atomic E-state index is 0.0626. The molecule has 0 spiro atoms. The number of carbonyl (C=O) groups excluding carboxylic acids is 4. The molecule has 3 fully saturated rings. The van der Waals surface area contributed by atoms with Crippen molar-refractivity contribution in [2.45, 2.75) is 28.5 Å². The van der Waals surface area contributed by atoms with Crippen LogP contribution in [0.3, 0.4) is 0 Å². The van der Waals surface area contributed by atoms with E-state index in [0.717, 1.165) is 20.6 Å². The quantitative estimate of drug-likeness (QED) is 0.0595. The number of halogens is 8. The standard InChI is InChI=1S/C34H22Cl2F5IN2O7/c1-50-18-9-14(45)10-19(51-2)21(18)22-15-7-8-16-20(30(47)43(29(16)46)13-5-3-12(42)4-6-13)17(15)11-33(35)31(48)44(32(49)34(22,33)36)28-26(40)24(38)23(37)25(39)27(28)41/h3-7,9-10,16-17,20,22,45H,8,11H2,1-2H3/t16-,17+,20-,22+,33+,34-/m0/s1. The Bertz CT molecular complexity index is 2080. The zero-order valence-electron chi connectivity index (χ0n) is 26.1. The molecule has 266 valence electrons. The van der Waals surface area contributed by atoms with Crippen LogP contribution in [0.25, 0.3) is 0 Å². The Morgan fingerprint density at radius 2 is 1.35 bits per heavy atom. The lowest BCUT2D eigenvalue weighted by atomic mass is 9.56. The van der Waals surface area contributed by atoms with E-state index < -0.39 is 98.2 Å². The van der Waals surface area contributed by atoms with Gasteiger partial charge in [-0.2, -0.15) is 0 Å². The number of phenols is 1. The number of carbonyl (C=O) groups is 4. The van der Waals surface area contributed by atoms with Crippen molar-refractivity contribution in [2.24, 2.45) is 17.8 Å². The van der Waals surface area contributed by atoms with Crippen LogP contribution in [0.4, 0.5) is 33.3 Å². The second-order valence-electron chi connectivity index (χ2n) is 12.4. The third kappa shape index (κ3) is 4.62. The fourth-order valence-electron chi connectivity index (χ4n) is 7.94. The molecule has 0 bridgehead atoms. The van der Waals surface area contributed by atoms with Gasteiger partial charge >= 0.3 is 0 Å². The summed E-state index contributed by atoms with van der Waals surface area (Å²) in [4.78, 5) is 52.2. The van der Waals surface area contributed by atoms with Crippen LogP contribution < -0.4 is 19.3 Å². The summed E-state index contributed by atoms with van der Waals surface area (Å²) in [6.45, 7) is 0. The van der Waals surface area contributed by atoms with Crippen LogP contribution in [-0.2, 0) is 19.2 Å². The molecular formula is C34H22Cl2F5IN2O7. The van der Waals surface area contributed by atoms with Gasteiger partial charge in [0.25, 0.3) is 11.8 Å². The maximum Gasteiger partial charge on any atom is 0.258 e. The predicted molar refractivity (Wildman–Crippen MR) is 179 cm³/mol. The molecule has 2 aliphatic heterocycles. The summed E-state index contributed by atoms with van der Waals surface area (Å²) in [7, 11) is 2.39. The van der Waals surface area contributed by atoms with Crippen LogP contribution in [0.5, 0.6) is 17.2 Å². The average Bonchev–Trinajstić information content (AvgIpc) is 3.44. The maximum absolute atomic E-state index is 15.3.